The van der Waals surface area contributed by atoms with Crippen LogP contribution in [0.5, 0.6) is 0 Å². The van der Waals surface area contributed by atoms with Gasteiger partial charge < -0.3 is 4.98 Å². The van der Waals surface area contributed by atoms with Crippen LogP contribution in [-0.2, 0) is 6.42 Å². The van der Waals surface area contributed by atoms with Crippen molar-refractivity contribution in [1.82, 2.24) is 4.98 Å². The van der Waals surface area contributed by atoms with Crippen LogP contribution in [0.15, 0.2) is 40.9 Å². The van der Waals surface area contributed by atoms with E-state index in [0.717, 1.165) is 10.9 Å². The van der Waals surface area contributed by atoms with Gasteiger partial charge in [0.25, 0.3) is 0 Å². The average Bonchev–Trinajstić information content (AvgIpc) is 2.86. The zero-order chi connectivity index (χ0) is 12.3. The number of rotatable bonds is 0. The van der Waals surface area contributed by atoms with Gasteiger partial charge in [-0.1, -0.05) is 33.6 Å². The second kappa shape index (κ2) is 3.48. The third kappa shape index (κ3) is 1.33. The molecule has 0 saturated carbocycles. The molecule has 1 N–H and O–H groups in total. The van der Waals surface area contributed by atoms with E-state index >= 15 is 0 Å². The predicted molar refractivity (Wildman–Crippen MR) is 79.0 cm³/mol. The molecule has 2 heteroatoms. The number of aromatic nitrogens is 1. The largest absolute Gasteiger partial charge is 0.354 e. The molecule has 1 aliphatic carbocycles. The molecule has 1 aliphatic rings. The summed E-state index contributed by atoms with van der Waals surface area (Å²) in [6.45, 7) is 2.15. The van der Waals surface area contributed by atoms with E-state index in [9.17, 15) is 0 Å². The highest BCUT2D eigenvalue weighted by Gasteiger charge is 2.22. The number of benzene rings is 2. The van der Waals surface area contributed by atoms with Crippen LogP contribution in [-0.4, -0.2) is 4.98 Å². The van der Waals surface area contributed by atoms with Crippen molar-refractivity contribution in [2.75, 3.05) is 0 Å². The molecule has 4 rings (SSSR count). The lowest BCUT2D eigenvalue weighted by Crippen LogP contribution is -1.83. The van der Waals surface area contributed by atoms with Crippen molar-refractivity contribution in [1.29, 1.82) is 0 Å². The number of aromatic amines is 1. The minimum Gasteiger partial charge on any atom is -0.354 e. The molecule has 1 nitrogen and oxygen atoms in total. The van der Waals surface area contributed by atoms with Gasteiger partial charge in [0.2, 0.25) is 0 Å². The van der Waals surface area contributed by atoms with Gasteiger partial charge in [-0.05, 0) is 42.3 Å². The first-order valence-electron chi connectivity index (χ1n) is 6.12. The molecule has 0 amide bonds. The maximum Gasteiger partial charge on any atom is 0.0503 e. The van der Waals surface area contributed by atoms with Crippen LogP contribution in [0.1, 0.15) is 16.7 Å². The monoisotopic (exact) mass is 297 g/mol. The molecule has 0 unspecified atom stereocenters. The summed E-state index contributed by atoms with van der Waals surface area (Å²) in [6.07, 6.45) is 1.04. The molecule has 0 fully saturated rings. The first-order valence-corrected chi connectivity index (χ1v) is 6.92. The van der Waals surface area contributed by atoms with Gasteiger partial charge in [0.05, 0.1) is 5.69 Å². The Hall–Kier alpha value is -1.54. The van der Waals surface area contributed by atoms with E-state index in [2.05, 4.69) is 64.2 Å². The first kappa shape index (κ1) is 10.4. The molecule has 0 spiro atoms. The Bertz CT molecular complexity index is 783. The quantitative estimate of drug-likeness (QED) is 0.479. The molecule has 2 aromatic carbocycles. The molecule has 3 aromatic rings. The minimum atomic E-state index is 1.04. The van der Waals surface area contributed by atoms with Gasteiger partial charge in [-0.3, -0.25) is 0 Å². The second-order valence-corrected chi connectivity index (χ2v) is 5.92. The summed E-state index contributed by atoms with van der Waals surface area (Å²) in [5.74, 6) is 0. The van der Waals surface area contributed by atoms with E-state index in [1.54, 1.807) is 0 Å². The Morgan fingerprint density at radius 3 is 2.89 bits per heavy atom. The van der Waals surface area contributed by atoms with E-state index in [1.807, 2.05) is 0 Å². The van der Waals surface area contributed by atoms with E-state index < -0.39 is 0 Å². The lowest BCUT2D eigenvalue weighted by Gasteiger charge is -2.01. The molecule has 0 atom stereocenters. The Kier molecular flexibility index (Phi) is 2.01. The molecule has 18 heavy (non-hydrogen) atoms. The standard InChI is InChI=1S/C16H12BrN/c1-9-2-3-10-7-14-13-8-11(17)4-5-15(13)18-16(14)12(10)6-9/h2-6,8,18H,7H2,1H3. The smallest absolute Gasteiger partial charge is 0.0503 e. The summed E-state index contributed by atoms with van der Waals surface area (Å²) in [7, 11) is 0. The minimum absolute atomic E-state index is 1.04. The molecular formula is C16H12BrN. The van der Waals surface area contributed by atoms with Gasteiger partial charge in [0.15, 0.2) is 0 Å². The maximum absolute atomic E-state index is 3.57. The SMILES string of the molecule is Cc1ccc2c(c1)-c1[nH]c3ccc(Br)cc3c1C2. The molecular weight excluding hydrogens is 286 g/mol. The van der Waals surface area contributed by atoms with Crippen LogP contribution in [0.25, 0.3) is 22.2 Å². The number of hydrogen-bond donors (Lipinski definition) is 1. The Morgan fingerprint density at radius 2 is 2.00 bits per heavy atom. The fraction of sp³-hybridized carbons (Fsp3) is 0.125. The zero-order valence-corrected chi connectivity index (χ0v) is 11.6. The second-order valence-electron chi connectivity index (χ2n) is 5.01. The molecule has 0 bridgehead atoms. The summed E-state index contributed by atoms with van der Waals surface area (Å²) in [4.78, 5) is 3.57. The average molecular weight is 298 g/mol. The third-order valence-corrected chi connectivity index (χ3v) is 4.26. The topological polar surface area (TPSA) is 15.8 Å². The molecule has 88 valence electrons. The summed E-state index contributed by atoms with van der Waals surface area (Å²) in [6, 6.07) is 13.2. The van der Waals surface area contributed by atoms with Crippen LogP contribution in [0.2, 0.25) is 0 Å². The first-order chi connectivity index (χ1) is 8.72. The van der Waals surface area contributed by atoms with Crippen molar-refractivity contribution in [3.8, 4) is 11.3 Å². The van der Waals surface area contributed by atoms with Crippen molar-refractivity contribution in [3.63, 3.8) is 0 Å². The molecule has 0 saturated heterocycles. The van der Waals surface area contributed by atoms with Crippen molar-refractivity contribution in [3.05, 3.63) is 57.6 Å². The Morgan fingerprint density at radius 1 is 1.11 bits per heavy atom. The number of halogens is 1. The highest BCUT2D eigenvalue weighted by atomic mass is 79.9. The van der Waals surface area contributed by atoms with Crippen LogP contribution in [0, 0.1) is 6.92 Å². The highest BCUT2D eigenvalue weighted by Crippen LogP contribution is 2.41. The van der Waals surface area contributed by atoms with Crippen molar-refractivity contribution < 1.29 is 0 Å². The summed E-state index contributed by atoms with van der Waals surface area (Å²) < 4.78 is 1.14. The fourth-order valence-electron chi connectivity index (χ4n) is 2.90. The van der Waals surface area contributed by atoms with Gasteiger partial charge in [-0.15, -0.1) is 0 Å². The van der Waals surface area contributed by atoms with Crippen LogP contribution in [0.4, 0.5) is 0 Å². The summed E-state index contributed by atoms with van der Waals surface area (Å²) >= 11 is 3.56. The highest BCUT2D eigenvalue weighted by molar-refractivity contribution is 9.10. The van der Waals surface area contributed by atoms with E-state index in [1.165, 1.54) is 38.9 Å². The van der Waals surface area contributed by atoms with Gasteiger partial charge in [-0.2, -0.15) is 0 Å². The fourth-order valence-corrected chi connectivity index (χ4v) is 3.26. The Labute approximate surface area is 114 Å². The van der Waals surface area contributed by atoms with Crippen LogP contribution < -0.4 is 0 Å². The van der Waals surface area contributed by atoms with Gasteiger partial charge in [-0.25, -0.2) is 0 Å². The number of H-pyrrole nitrogens is 1. The van der Waals surface area contributed by atoms with Gasteiger partial charge in [0.1, 0.15) is 0 Å². The van der Waals surface area contributed by atoms with E-state index in [4.69, 9.17) is 0 Å². The lowest BCUT2D eigenvalue weighted by molar-refractivity contribution is 1.28. The third-order valence-electron chi connectivity index (χ3n) is 3.77. The number of nitrogens with one attached hydrogen (secondary N) is 1. The van der Waals surface area contributed by atoms with Crippen molar-refractivity contribution in [2.45, 2.75) is 13.3 Å². The molecule has 0 radical (unpaired) electrons. The predicted octanol–water partition coefficient (Wildman–Crippen LogP) is 4.81. The van der Waals surface area contributed by atoms with E-state index in [0.29, 0.717) is 0 Å². The van der Waals surface area contributed by atoms with Gasteiger partial charge >= 0.3 is 0 Å². The van der Waals surface area contributed by atoms with Crippen molar-refractivity contribution in [2.24, 2.45) is 0 Å². The molecule has 1 aromatic heterocycles. The maximum atomic E-state index is 3.57. The van der Waals surface area contributed by atoms with E-state index in [-0.39, 0.29) is 0 Å². The normalized spacial score (nSPS) is 12.8. The zero-order valence-electron chi connectivity index (χ0n) is 10.0. The molecule has 0 aliphatic heterocycles. The number of aryl methyl sites for hydroxylation is 1. The Balaban J connectivity index is 2.06. The number of hydrogen-bond acceptors (Lipinski definition) is 0. The molecule has 1 heterocycles. The summed E-state index contributed by atoms with van der Waals surface area (Å²) in [5.41, 5.74) is 8.10. The van der Waals surface area contributed by atoms with Crippen LogP contribution in [0.3, 0.4) is 0 Å². The van der Waals surface area contributed by atoms with Crippen molar-refractivity contribution >= 4 is 26.8 Å². The van der Waals surface area contributed by atoms with Gasteiger partial charge in [0, 0.05) is 27.4 Å². The number of fused-ring (bicyclic) bond motifs is 5. The summed E-state index contributed by atoms with van der Waals surface area (Å²) in [5, 5.41) is 1.34. The lowest BCUT2D eigenvalue weighted by atomic mass is 10.1. The van der Waals surface area contributed by atoms with Crippen LogP contribution >= 0.6 is 15.9 Å².